The molecule has 19 heavy (non-hydrogen) atoms. The van der Waals surface area contributed by atoms with Crippen LogP contribution in [0.2, 0.25) is 5.02 Å². The number of carbonyl (C=O) groups is 1. The van der Waals surface area contributed by atoms with Crippen LogP contribution < -0.4 is 5.32 Å². The van der Waals surface area contributed by atoms with E-state index in [1.54, 1.807) is 10.9 Å². The lowest BCUT2D eigenvalue weighted by molar-refractivity contribution is -0.122. The quantitative estimate of drug-likeness (QED) is 0.923. The molecule has 1 N–H and O–H groups in total. The summed E-state index contributed by atoms with van der Waals surface area (Å²) in [4.78, 5) is 11.9. The minimum Gasteiger partial charge on any atom is -0.348 e. The summed E-state index contributed by atoms with van der Waals surface area (Å²) in [6.45, 7) is 4.00. The highest BCUT2D eigenvalue weighted by atomic mass is 35.5. The minimum atomic E-state index is -0.115. The number of hydrogen-bond donors (Lipinski definition) is 1. The van der Waals surface area contributed by atoms with Crippen LogP contribution in [0.3, 0.4) is 0 Å². The van der Waals surface area contributed by atoms with Crippen molar-refractivity contribution in [2.75, 3.05) is 0 Å². The number of halogens is 1. The third-order valence-electron chi connectivity index (χ3n) is 2.80. The van der Waals surface area contributed by atoms with Gasteiger partial charge in [0.15, 0.2) is 0 Å². The van der Waals surface area contributed by atoms with Gasteiger partial charge in [-0.3, -0.25) is 14.2 Å². The van der Waals surface area contributed by atoms with Gasteiger partial charge < -0.3 is 5.32 Å². The Kier molecular flexibility index (Phi) is 3.90. The van der Waals surface area contributed by atoms with Crippen molar-refractivity contribution in [2.45, 2.75) is 26.4 Å². The van der Waals surface area contributed by atoms with Crippen molar-refractivity contribution in [1.29, 1.82) is 0 Å². The van der Waals surface area contributed by atoms with Gasteiger partial charge >= 0.3 is 0 Å². The van der Waals surface area contributed by atoms with E-state index in [1.165, 1.54) is 10.9 Å². The first-order valence-corrected chi connectivity index (χ1v) is 6.31. The minimum absolute atomic E-state index is 0.0905. The number of aryl methyl sites for hydroxylation is 2. The van der Waals surface area contributed by atoms with Crippen LogP contribution in [0.1, 0.15) is 24.2 Å². The van der Waals surface area contributed by atoms with Crippen LogP contribution >= 0.6 is 11.6 Å². The Labute approximate surface area is 116 Å². The van der Waals surface area contributed by atoms with E-state index in [9.17, 15) is 4.79 Å². The molecule has 6 nitrogen and oxygen atoms in total. The molecule has 102 valence electrons. The lowest BCUT2D eigenvalue weighted by atomic mass is 10.1. The van der Waals surface area contributed by atoms with E-state index >= 15 is 0 Å². The van der Waals surface area contributed by atoms with E-state index in [0.717, 1.165) is 11.3 Å². The molecule has 0 spiro atoms. The number of nitrogens with one attached hydrogen (secondary N) is 1. The molecule has 0 saturated heterocycles. The molecular formula is C12H16ClN5O. The van der Waals surface area contributed by atoms with Gasteiger partial charge in [-0.25, -0.2) is 0 Å². The molecule has 7 heteroatoms. The third kappa shape index (κ3) is 3.35. The molecule has 0 saturated carbocycles. The molecule has 0 aliphatic rings. The predicted octanol–water partition coefficient (Wildman–Crippen LogP) is 1.46. The van der Waals surface area contributed by atoms with Crippen molar-refractivity contribution in [3.8, 4) is 0 Å². The van der Waals surface area contributed by atoms with Gasteiger partial charge in [0.1, 0.15) is 6.54 Å². The first-order chi connectivity index (χ1) is 8.95. The van der Waals surface area contributed by atoms with E-state index in [4.69, 9.17) is 11.6 Å². The molecule has 0 radical (unpaired) electrons. The van der Waals surface area contributed by atoms with Crippen molar-refractivity contribution in [3.63, 3.8) is 0 Å². The Bertz CT molecular complexity index is 589. The van der Waals surface area contributed by atoms with E-state index in [2.05, 4.69) is 15.5 Å². The molecule has 2 heterocycles. The Balaban J connectivity index is 1.97. The molecule has 1 unspecified atom stereocenters. The second-order valence-electron chi connectivity index (χ2n) is 4.49. The van der Waals surface area contributed by atoms with Gasteiger partial charge in [0.2, 0.25) is 5.91 Å². The summed E-state index contributed by atoms with van der Waals surface area (Å²) in [6.07, 6.45) is 5.02. The highest BCUT2D eigenvalue weighted by Gasteiger charge is 2.14. The summed E-state index contributed by atoms with van der Waals surface area (Å²) in [5.74, 6) is -0.115. The van der Waals surface area contributed by atoms with Crippen LogP contribution in [0.5, 0.6) is 0 Å². The highest BCUT2D eigenvalue weighted by Crippen LogP contribution is 2.15. The van der Waals surface area contributed by atoms with Crippen molar-refractivity contribution in [2.24, 2.45) is 7.05 Å². The van der Waals surface area contributed by atoms with Gasteiger partial charge in [0.25, 0.3) is 0 Å². The summed E-state index contributed by atoms with van der Waals surface area (Å²) < 4.78 is 3.24. The smallest absolute Gasteiger partial charge is 0.242 e. The predicted molar refractivity (Wildman–Crippen MR) is 71.7 cm³/mol. The molecule has 0 bridgehead atoms. The fourth-order valence-corrected chi connectivity index (χ4v) is 2.14. The van der Waals surface area contributed by atoms with Crippen LogP contribution in [0.25, 0.3) is 0 Å². The summed E-state index contributed by atoms with van der Waals surface area (Å²) in [6, 6.07) is -0.0905. The Morgan fingerprint density at radius 2 is 2.26 bits per heavy atom. The molecule has 0 aromatic carbocycles. The highest BCUT2D eigenvalue weighted by molar-refractivity contribution is 6.30. The maximum absolute atomic E-state index is 11.9. The van der Waals surface area contributed by atoms with Gasteiger partial charge in [-0.15, -0.1) is 0 Å². The third-order valence-corrected chi connectivity index (χ3v) is 3.00. The van der Waals surface area contributed by atoms with Crippen LogP contribution in [0, 0.1) is 6.92 Å². The number of nitrogens with zero attached hydrogens (tertiary/aromatic N) is 4. The average Bonchev–Trinajstić information content (AvgIpc) is 2.84. The summed E-state index contributed by atoms with van der Waals surface area (Å²) >= 11 is 5.74. The first-order valence-electron chi connectivity index (χ1n) is 5.93. The topological polar surface area (TPSA) is 64.7 Å². The fraction of sp³-hybridized carbons (Fsp3) is 0.417. The average molecular weight is 282 g/mol. The number of rotatable bonds is 4. The fourth-order valence-electron chi connectivity index (χ4n) is 1.98. The zero-order valence-electron chi connectivity index (χ0n) is 11.1. The van der Waals surface area contributed by atoms with E-state index in [-0.39, 0.29) is 18.5 Å². The van der Waals surface area contributed by atoms with Gasteiger partial charge in [-0.1, -0.05) is 11.6 Å². The number of hydrogen-bond acceptors (Lipinski definition) is 3. The van der Waals surface area contributed by atoms with Crippen LogP contribution in [0.4, 0.5) is 0 Å². The molecule has 0 aliphatic heterocycles. The second-order valence-corrected chi connectivity index (χ2v) is 4.93. The maximum atomic E-state index is 11.9. The normalized spacial score (nSPS) is 12.4. The summed E-state index contributed by atoms with van der Waals surface area (Å²) in [7, 11) is 1.86. The largest absolute Gasteiger partial charge is 0.348 e. The van der Waals surface area contributed by atoms with Crippen molar-refractivity contribution < 1.29 is 4.79 Å². The molecule has 0 aliphatic carbocycles. The number of amides is 1. The Hall–Kier alpha value is -1.82. The van der Waals surface area contributed by atoms with E-state index < -0.39 is 0 Å². The number of aromatic nitrogens is 4. The van der Waals surface area contributed by atoms with Crippen LogP contribution in [-0.2, 0) is 18.4 Å². The Morgan fingerprint density at radius 3 is 2.79 bits per heavy atom. The Morgan fingerprint density at radius 1 is 1.53 bits per heavy atom. The standard InChI is InChI=1S/C12H16ClN5O/c1-8(11-6-17(3)16-9(11)2)15-12(19)7-18-5-10(13)4-14-18/h4-6,8H,7H2,1-3H3,(H,15,19). The molecule has 1 amide bonds. The second kappa shape index (κ2) is 5.44. The first kappa shape index (κ1) is 13.6. The van der Waals surface area contributed by atoms with E-state index in [1.807, 2.05) is 27.1 Å². The number of carbonyl (C=O) groups excluding carboxylic acids is 1. The lowest BCUT2D eigenvalue weighted by Gasteiger charge is -2.13. The van der Waals surface area contributed by atoms with Crippen LogP contribution in [0.15, 0.2) is 18.6 Å². The van der Waals surface area contributed by atoms with Crippen molar-refractivity contribution in [3.05, 3.63) is 34.9 Å². The zero-order valence-corrected chi connectivity index (χ0v) is 11.8. The maximum Gasteiger partial charge on any atom is 0.242 e. The molecule has 1 atom stereocenters. The lowest BCUT2D eigenvalue weighted by Crippen LogP contribution is -2.30. The molecular weight excluding hydrogens is 266 g/mol. The SMILES string of the molecule is Cc1nn(C)cc1C(C)NC(=O)Cn1cc(Cl)cn1. The molecule has 2 aromatic rings. The van der Waals surface area contributed by atoms with Crippen LogP contribution in [-0.4, -0.2) is 25.5 Å². The van der Waals surface area contributed by atoms with Crippen molar-refractivity contribution in [1.82, 2.24) is 24.9 Å². The molecule has 2 rings (SSSR count). The van der Waals surface area contributed by atoms with Gasteiger partial charge in [0.05, 0.1) is 23.0 Å². The zero-order chi connectivity index (χ0) is 14.0. The van der Waals surface area contributed by atoms with E-state index in [0.29, 0.717) is 5.02 Å². The monoisotopic (exact) mass is 281 g/mol. The van der Waals surface area contributed by atoms with Gasteiger partial charge in [0, 0.05) is 25.0 Å². The molecule has 0 fully saturated rings. The molecule has 2 aromatic heterocycles. The summed E-state index contributed by atoms with van der Waals surface area (Å²) in [5, 5.41) is 11.7. The summed E-state index contributed by atoms with van der Waals surface area (Å²) in [5.41, 5.74) is 1.92. The van der Waals surface area contributed by atoms with Crippen molar-refractivity contribution >= 4 is 17.5 Å². The van der Waals surface area contributed by atoms with Gasteiger partial charge in [-0.05, 0) is 13.8 Å². The van der Waals surface area contributed by atoms with Gasteiger partial charge in [-0.2, -0.15) is 10.2 Å².